The number of allylic oxidation sites excluding steroid dienone is 4. The number of fused-ring (bicyclic) bond motifs is 8. The molecule has 1 aliphatic heterocycles. The predicted molar refractivity (Wildman–Crippen MR) is 221 cm³/mol. The van der Waals surface area contributed by atoms with E-state index in [2.05, 4.69) is 188 Å². The summed E-state index contributed by atoms with van der Waals surface area (Å²) in [7, 11) is 0. The van der Waals surface area contributed by atoms with E-state index in [1.807, 2.05) is 6.07 Å². The monoisotopic (exact) mass is 680 g/mol. The van der Waals surface area contributed by atoms with Crippen molar-refractivity contribution >= 4 is 39.0 Å². The first kappa shape index (κ1) is 31.1. The molecule has 252 valence electrons. The zero-order chi connectivity index (χ0) is 35.5. The van der Waals surface area contributed by atoms with Crippen LogP contribution in [0.1, 0.15) is 29.2 Å². The van der Waals surface area contributed by atoms with Crippen LogP contribution in [0.5, 0.6) is 0 Å². The predicted octanol–water partition coefficient (Wildman–Crippen LogP) is 12.9. The summed E-state index contributed by atoms with van der Waals surface area (Å²) in [6.45, 7) is 7.54. The molecule has 0 spiro atoms. The zero-order valence-corrected chi connectivity index (χ0v) is 29.5. The Kier molecular flexibility index (Phi) is 7.16. The molecular weight excluding hydrogens is 645 g/mol. The van der Waals surface area contributed by atoms with Crippen molar-refractivity contribution in [1.29, 1.82) is 0 Å². The first-order valence-electron chi connectivity index (χ1n) is 18.2. The first-order chi connectivity index (χ1) is 26.1. The number of rotatable bonds is 4. The largest absolute Gasteiger partial charge is 0.456 e. The molecule has 2 aliphatic rings. The van der Waals surface area contributed by atoms with Crippen LogP contribution in [0.15, 0.2) is 187 Å². The lowest BCUT2D eigenvalue weighted by Crippen LogP contribution is -2.22. The fraction of sp³-hybridized carbons (Fsp3) is 0.0600. The Labute approximate surface area is 309 Å². The summed E-state index contributed by atoms with van der Waals surface area (Å²) in [4.78, 5) is 7.63. The van der Waals surface area contributed by atoms with Crippen molar-refractivity contribution in [3.05, 3.63) is 205 Å². The highest BCUT2D eigenvalue weighted by Gasteiger charge is 2.43. The van der Waals surface area contributed by atoms with Crippen molar-refractivity contribution in [3.63, 3.8) is 0 Å². The average molecular weight is 681 g/mol. The Morgan fingerprint density at radius 1 is 0.642 bits per heavy atom. The van der Waals surface area contributed by atoms with Gasteiger partial charge in [0.15, 0.2) is 0 Å². The van der Waals surface area contributed by atoms with Gasteiger partial charge >= 0.3 is 0 Å². The van der Waals surface area contributed by atoms with Gasteiger partial charge < -0.3 is 9.32 Å². The Morgan fingerprint density at radius 2 is 1.36 bits per heavy atom. The Balaban J connectivity index is 1.22. The van der Waals surface area contributed by atoms with Crippen molar-refractivity contribution in [3.8, 4) is 33.5 Å². The fourth-order valence-corrected chi connectivity index (χ4v) is 8.47. The van der Waals surface area contributed by atoms with Crippen LogP contribution in [0.3, 0.4) is 0 Å². The highest BCUT2D eigenvalue weighted by Crippen LogP contribution is 2.56. The molecule has 0 bridgehead atoms. The standard InChI is InChI=1S/C50H36N2O/c1-33-17-7-6-16-28-52(47-30-36(34-18-8-3-9-19-34)29-44(51-47)35-20-10-4-11-21-35)45-32-46-42(31-41(33)45)40-27-26-39-38-24-14-15-25-43(38)50(2,48(39)49(40)53-46)37-22-12-5-13-23-37/h3-27,29-32H,1,28H2,2H3/b16-6-,17-7-. The number of anilines is 2. The molecule has 3 heterocycles. The van der Waals surface area contributed by atoms with Crippen LogP contribution in [-0.2, 0) is 5.41 Å². The van der Waals surface area contributed by atoms with Gasteiger partial charge in [-0.3, -0.25) is 0 Å². The van der Waals surface area contributed by atoms with Crippen molar-refractivity contribution < 1.29 is 4.42 Å². The Bertz CT molecular complexity index is 2720. The fourth-order valence-electron chi connectivity index (χ4n) is 8.47. The summed E-state index contributed by atoms with van der Waals surface area (Å²) in [5.41, 5.74) is 14.8. The number of benzene rings is 6. The third-order valence-electron chi connectivity index (χ3n) is 11.1. The lowest BCUT2D eigenvalue weighted by atomic mass is 9.74. The van der Waals surface area contributed by atoms with Crippen LogP contribution < -0.4 is 4.90 Å². The van der Waals surface area contributed by atoms with Gasteiger partial charge in [-0.15, -0.1) is 0 Å². The number of hydrogen-bond acceptors (Lipinski definition) is 3. The molecule has 1 aliphatic carbocycles. The minimum Gasteiger partial charge on any atom is -0.456 e. The first-order valence-corrected chi connectivity index (χ1v) is 18.2. The van der Waals surface area contributed by atoms with Crippen molar-refractivity contribution in [2.45, 2.75) is 12.3 Å². The van der Waals surface area contributed by atoms with E-state index >= 15 is 0 Å². The van der Waals surface area contributed by atoms with Gasteiger partial charge in [0, 0.05) is 45.5 Å². The maximum Gasteiger partial charge on any atom is 0.140 e. The van der Waals surface area contributed by atoms with Crippen LogP contribution in [0.4, 0.5) is 11.5 Å². The Morgan fingerprint density at radius 3 is 2.15 bits per heavy atom. The molecule has 1 unspecified atom stereocenters. The summed E-state index contributed by atoms with van der Waals surface area (Å²) in [5.74, 6) is 0.856. The maximum atomic E-state index is 7.11. The van der Waals surface area contributed by atoms with Crippen molar-refractivity contribution in [2.75, 3.05) is 11.4 Å². The smallest absolute Gasteiger partial charge is 0.140 e. The Hall–Kier alpha value is -6.71. The molecule has 0 N–H and O–H groups in total. The quantitative estimate of drug-likeness (QED) is 0.185. The number of furan rings is 1. The van der Waals surface area contributed by atoms with Gasteiger partial charge in [0.2, 0.25) is 0 Å². The number of nitrogens with zero attached hydrogens (tertiary/aromatic N) is 2. The van der Waals surface area contributed by atoms with E-state index < -0.39 is 0 Å². The summed E-state index contributed by atoms with van der Waals surface area (Å²) < 4.78 is 7.11. The van der Waals surface area contributed by atoms with Crippen LogP contribution in [0, 0.1) is 0 Å². The van der Waals surface area contributed by atoms with Crippen LogP contribution in [0.2, 0.25) is 0 Å². The van der Waals surface area contributed by atoms with Gasteiger partial charge in [-0.25, -0.2) is 4.98 Å². The van der Waals surface area contributed by atoms with Gasteiger partial charge in [0.05, 0.1) is 11.4 Å². The van der Waals surface area contributed by atoms with Gasteiger partial charge in [0.1, 0.15) is 17.0 Å². The normalized spacial score (nSPS) is 17.5. The van der Waals surface area contributed by atoms with Gasteiger partial charge in [0.25, 0.3) is 0 Å². The molecule has 1 atom stereocenters. The molecule has 53 heavy (non-hydrogen) atoms. The molecule has 3 nitrogen and oxygen atoms in total. The highest BCUT2D eigenvalue weighted by atomic mass is 16.3. The maximum absolute atomic E-state index is 7.11. The van der Waals surface area contributed by atoms with E-state index in [9.17, 15) is 0 Å². The molecule has 0 saturated carbocycles. The minimum absolute atomic E-state index is 0.383. The average Bonchev–Trinajstić information content (AvgIpc) is 3.73. The molecule has 0 radical (unpaired) electrons. The van der Waals surface area contributed by atoms with Crippen LogP contribution in [-0.4, -0.2) is 11.5 Å². The SMILES string of the molecule is C=C1/C=C\C=C/CN(c2cc(-c3ccccc3)cc(-c3ccccc3)n2)c2cc3oc4c5c(ccc4c3cc21)-c1ccccc1C5(C)c1ccccc1. The molecule has 8 aromatic rings. The number of hydrogen-bond donors (Lipinski definition) is 0. The van der Waals surface area contributed by atoms with E-state index in [4.69, 9.17) is 9.40 Å². The van der Waals surface area contributed by atoms with Crippen LogP contribution in [0.25, 0.3) is 61.0 Å². The molecule has 2 aromatic heterocycles. The van der Waals surface area contributed by atoms with E-state index in [0.29, 0.717) is 6.54 Å². The van der Waals surface area contributed by atoms with E-state index in [0.717, 1.165) is 67.0 Å². The van der Waals surface area contributed by atoms with E-state index in [1.54, 1.807) is 0 Å². The second kappa shape index (κ2) is 12.2. The second-order valence-electron chi connectivity index (χ2n) is 14.1. The highest BCUT2D eigenvalue weighted by molar-refractivity contribution is 6.11. The molecule has 0 saturated heterocycles. The van der Waals surface area contributed by atoms with Crippen LogP contribution >= 0.6 is 0 Å². The molecule has 0 amide bonds. The number of aromatic nitrogens is 1. The van der Waals surface area contributed by atoms with Crippen molar-refractivity contribution in [1.82, 2.24) is 4.98 Å². The summed E-state index contributed by atoms with van der Waals surface area (Å²) >= 11 is 0. The molecule has 3 heteroatoms. The number of pyridine rings is 1. The third-order valence-corrected chi connectivity index (χ3v) is 11.1. The van der Waals surface area contributed by atoms with E-state index in [1.165, 1.54) is 27.8 Å². The minimum atomic E-state index is -0.383. The summed E-state index contributed by atoms with van der Waals surface area (Å²) in [6, 6.07) is 54.0. The van der Waals surface area contributed by atoms with Gasteiger partial charge in [-0.1, -0.05) is 152 Å². The molecule has 6 aromatic carbocycles. The van der Waals surface area contributed by atoms with Gasteiger partial charge in [-0.2, -0.15) is 0 Å². The molecular formula is C50H36N2O. The lowest BCUT2D eigenvalue weighted by molar-refractivity contribution is 0.639. The topological polar surface area (TPSA) is 29.3 Å². The second-order valence-corrected chi connectivity index (χ2v) is 14.1. The van der Waals surface area contributed by atoms with Crippen molar-refractivity contribution in [2.24, 2.45) is 0 Å². The van der Waals surface area contributed by atoms with E-state index in [-0.39, 0.29) is 5.41 Å². The molecule has 0 fully saturated rings. The summed E-state index contributed by atoms with van der Waals surface area (Å²) in [6.07, 6.45) is 8.44. The zero-order valence-electron chi connectivity index (χ0n) is 29.5. The molecule has 10 rings (SSSR count). The van der Waals surface area contributed by atoms with Gasteiger partial charge in [-0.05, 0) is 70.1 Å². The summed E-state index contributed by atoms with van der Waals surface area (Å²) in [5, 5.41) is 2.18. The lowest BCUT2D eigenvalue weighted by Gasteiger charge is -2.28. The third kappa shape index (κ3) is 4.92.